The van der Waals surface area contributed by atoms with Gasteiger partial charge in [0.2, 0.25) is 12.0 Å². The maximum Gasteiger partial charge on any atom is 0.269 e. The van der Waals surface area contributed by atoms with Crippen molar-refractivity contribution in [1.82, 2.24) is 0 Å². The summed E-state index contributed by atoms with van der Waals surface area (Å²) >= 11 is 0. The molecule has 0 aliphatic carbocycles. The molecule has 1 aromatic carbocycles. The van der Waals surface area contributed by atoms with Gasteiger partial charge >= 0.3 is 0 Å². The number of nitrogens with zero attached hydrogens (tertiary/aromatic N) is 2. The van der Waals surface area contributed by atoms with Crippen LogP contribution in [0, 0.1) is 10.1 Å². The second kappa shape index (κ2) is 5.99. The average molecular weight is 287 g/mol. The quantitative estimate of drug-likeness (QED) is 0.490. The Hall–Kier alpha value is -2.31. The lowest BCUT2D eigenvalue weighted by Gasteiger charge is -2.08. The first-order chi connectivity index (χ1) is 10.2. The van der Waals surface area contributed by atoms with Crippen molar-refractivity contribution < 1.29 is 19.0 Å². The molecule has 0 amide bonds. The van der Waals surface area contributed by atoms with Crippen LogP contribution in [0.15, 0.2) is 48.7 Å². The number of nitro benzene ring substituents is 1. The molecular weight excluding hydrogens is 272 g/mol. The highest BCUT2D eigenvalue weighted by Crippen LogP contribution is 2.20. The summed E-state index contributed by atoms with van der Waals surface area (Å²) < 4.78 is 13.1. The van der Waals surface area contributed by atoms with Gasteiger partial charge < -0.3 is 9.47 Å². The van der Waals surface area contributed by atoms with Crippen molar-refractivity contribution in [2.24, 2.45) is 0 Å². The number of non-ortho nitro benzene ring substituents is 1. The Balaban J connectivity index is 1.82. The summed E-state index contributed by atoms with van der Waals surface area (Å²) in [7, 11) is 0. The summed E-state index contributed by atoms with van der Waals surface area (Å²) in [5.41, 5.74) is 2.02. The molecule has 1 aliphatic heterocycles. The van der Waals surface area contributed by atoms with Crippen molar-refractivity contribution in [1.29, 1.82) is 0 Å². The van der Waals surface area contributed by atoms with E-state index in [1.54, 1.807) is 12.1 Å². The van der Waals surface area contributed by atoms with Crippen LogP contribution in [-0.4, -0.2) is 18.1 Å². The van der Waals surface area contributed by atoms with Gasteiger partial charge in [0.25, 0.3) is 5.69 Å². The molecule has 0 spiro atoms. The molecule has 2 heterocycles. The fourth-order valence-corrected chi connectivity index (χ4v) is 2.30. The van der Waals surface area contributed by atoms with E-state index in [0.29, 0.717) is 19.8 Å². The molecule has 21 heavy (non-hydrogen) atoms. The number of benzene rings is 1. The lowest BCUT2D eigenvalue weighted by molar-refractivity contribution is -0.701. The van der Waals surface area contributed by atoms with E-state index in [9.17, 15) is 10.1 Å². The molecule has 1 saturated heterocycles. The van der Waals surface area contributed by atoms with E-state index < -0.39 is 4.92 Å². The van der Waals surface area contributed by atoms with E-state index >= 15 is 0 Å². The van der Waals surface area contributed by atoms with E-state index in [4.69, 9.17) is 9.47 Å². The number of aromatic nitrogens is 1. The summed E-state index contributed by atoms with van der Waals surface area (Å²) in [6.45, 7) is 1.80. The van der Waals surface area contributed by atoms with Gasteiger partial charge in [0.15, 0.2) is 12.7 Å². The number of pyridine rings is 1. The van der Waals surface area contributed by atoms with Gasteiger partial charge in [-0.1, -0.05) is 0 Å². The van der Waals surface area contributed by atoms with Gasteiger partial charge in [0, 0.05) is 29.8 Å². The first-order valence-electron chi connectivity index (χ1n) is 6.69. The molecule has 1 aromatic heterocycles. The first-order valence-corrected chi connectivity index (χ1v) is 6.69. The van der Waals surface area contributed by atoms with Crippen molar-refractivity contribution in [2.75, 3.05) is 13.2 Å². The van der Waals surface area contributed by atoms with Gasteiger partial charge in [-0.05, 0) is 18.2 Å². The molecule has 1 fully saturated rings. The van der Waals surface area contributed by atoms with Crippen LogP contribution in [0.2, 0.25) is 0 Å². The van der Waals surface area contributed by atoms with Crippen LogP contribution in [0.5, 0.6) is 0 Å². The molecule has 2 aromatic rings. The number of hydrogen-bond donors (Lipinski definition) is 0. The van der Waals surface area contributed by atoms with Crippen molar-refractivity contribution in [3.8, 4) is 0 Å². The Kier molecular flexibility index (Phi) is 3.89. The predicted octanol–water partition coefficient (Wildman–Crippen LogP) is 1.98. The molecule has 0 unspecified atom stereocenters. The molecule has 0 radical (unpaired) electrons. The van der Waals surface area contributed by atoms with E-state index in [-0.39, 0.29) is 12.0 Å². The summed E-state index contributed by atoms with van der Waals surface area (Å²) in [4.78, 5) is 10.3. The van der Waals surface area contributed by atoms with Crippen LogP contribution in [0.1, 0.15) is 17.5 Å². The second-order valence-electron chi connectivity index (χ2n) is 4.75. The summed E-state index contributed by atoms with van der Waals surface area (Å²) in [6.07, 6.45) is 1.60. The molecule has 3 rings (SSSR count). The zero-order valence-corrected chi connectivity index (χ0v) is 11.3. The van der Waals surface area contributed by atoms with Gasteiger partial charge in [-0.2, -0.15) is 4.57 Å². The molecule has 0 saturated carbocycles. The lowest BCUT2D eigenvalue weighted by atomic mass is 10.2. The largest absolute Gasteiger partial charge is 0.341 e. The van der Waals surface area contributed by atoms with Gasteiger partial charge in [-0.15, -0.1) is 0 Å². The minimum Gasteiger partial charge on any atom is -0.341 e. The van der Waals surface area contributed by atoms with Crippen LogP contribution in [0.4, 0.5) is 5.69 Å². The van der Waals surface area contributed by atoms with Gasteiger partial charge in [0.05, 0.1) is 18.1 Å². The van der Waals surface area contributed by atoms with Crippen LogP contribution in [0.25, 0.3) is 0 Å². The van der Waals surface area contributed by atoms with Crippen LogP contribution >= 0.6 is 0 Å². The number of hydrogen-bond acceptors (Lipinski definition) is 4. The third kappa shape index (κ3) is 3.07. The zero-order valence-electron chi connectivity index (χ0n) is 11.3. The monoisotopic (exact) mass is 287 g/mol. The van der Waals surface area contributed by atoms with Crippen molar-refractivity contribution in [3.63, 3.8) is 0 Å². The summed E-state index contributed by atoms with van der Waals surface area (Å²) in [5, 5.41) is 10.7. The molecule has 1 aliphatic rings. The molecule has 108 valence electrons. The molecule has 0 bridgehead atoms. The van der Waals surface area contributed by atoms with Crippen LogP contribution < -0.4 is 4.57 Å². The Bertz CT molecular complexity index is 636. The van der Waals surface area contributed by atoms with E-state index in [1.165, 1.54) is 12.1 Å². The van der Waals surface area contributed by atoms with Crippen molar-refractivity contribution in [3.05, 3.63) is 70.0 Å². The maximum absolute atomic E-state index is 10.7. The maximum atomic E-state index is 10.7. The van der Waals surface area contributed by atoms with Crippen LogP contribution in [-0.2, 0) is 16.0 Å². The third-order valence-electron chi connectivity index (χ3n) is 3.34. The van der Waals surface area contributed by atoms with E-state index in [2.05, 4.69) is 0 Å². The Morgan fingerprint density at radius 3 is 2.52 bits per heavy atom. The highest BCUT2D eigenvalue weighted by atomic mass is 16.7. The Morgan fingerprint density at radius 2 is 1.86 bits per heavy atom. The van der Waals surface area contributed by atoms with Gasteiger partial charge in [0.1, 0.15) is 0 Å². The second-order valence-corrected chi connectivity index (χ2v) is 4.75. The molecule has 6 nitrogen and oxygen atoms in total. The number of ether oxygens (including phenoxy) is 2. The SMILES string of the molecule is O=[N+]([O-])c1ccc(C[n+]2ccccc2C2OCCO2)cc1. The van der Waals surface area contributed by atoms with Gasteiger partial charge in [-0.3, -0.25) is 10.1 Å². The van der Waals surface area contributed by atoms with Crippen molar-refractivity contribution in [2.45, 2.75) is 12.8 Å². The third-order valence-corrected chi connectivity index (χ3v) is 3.34. The van der Waals surface area contributed by atoms with Gasteiger partial charge in [-0.25, -0.2) is 0 Å². The fraction of sp³-hybridized carbons (Fsp3) is 0.267. The normalized spacial score (nSPS) is 15.2. The molecule has 0 N–H and O–H groups in total. The Morgan fingerprint density at radius 1 is 1.14 bits per heavy atom. The molecule has 6 heteroatoms. The Labute approximate surface area is 121 Å². The lowest BCUT2D eigenvalue weighted by Crippen LogP contribution is -2.40. The first kappa shape index (κ1) is 13.7. The molecular formula is C15H15N2O4+. The number of nitro groups is 1. The predicted molar refractivity (Wildman–Crippen MR) is 73.5 cm³/mol. The minimum atomic E-state index is -0.398. The zero-order chi connectivity index (χ0) is 14.7. The van der Waals surface area contributed by atoms with E-state index in [1.807, 2.05) is 29.0 Å². The fourth-order valence-electron chi connectivity index (χ4n) is 2.30. The summed E-state index contributed by atoms with van der Waals surface area (Å²) in [6, 6.07) is 12.4. The average Bonchev–Trinajstić information content (AvgIpc) is 3.02. The standard InChI is InChI=1S/C15H15N2O4/c18-17(19)13-6-4-12(5-7-13)11-16-8-2-1-3-14(16)15-20-9-10-21-15/h1-8,15H,9-11H2/q+1. The minimum absolute atomic E-state index is 0.0968. The number of rotatable bonds is 4. The topological polar surface area (TPSA) is 65.5 Å². The molecule has 0 atom stereocenters. The highest BCUT2D eigenvalue weighted by Gasteiger charge is 2.27. The van der Waals surface area contributed by atoms with Crippen molar-refractivity contribution >= 4 is 5.69 Å². The highest BCUT2D eigenvalue weighted by molar-refractivity contribution is 5.32. The van der Waals surface area contributed by atoms with Crippen LogP contribution in [0.3, 0.4) is 0 Å². The smallest absolute Gasteiger partial charge is 0.269 e. The summed E-state index contributed by atoms with van der Waals surface area (Å²) in [5.74, 6) is 0. The van der Waals surface area contributed by atoms with E-state index in [0.717, 1.165) is 11.3 Å².